The molecular formula is C22H9N5S3. The number of allylic oxidation sites excluding steroid dienone is 4. The summed E-state index contributed by atoms with van der Waals surface area (Å²) >= 11 is 4.39. The second-order valence-corrected chi connectivity index (χ2v) is 9.03. The number of hydrogen-bond acceptors (Lipinski definition) is 7. The first kappa shape index (κ1) is 20.8. The molecule has 0 fully saturated rings. The van der Waals surface area contributed by atoms with Crippen LogP contribution in [0.4, 0.5) is 0 Å². The molecule has 8 heteroatoms. The average molecular weight is 440 g/mol. The van der Waals surface area contributed by atoms with Crippen LogP contribution in [0.1, 0.15) is 16.7 Å². The van der Waals surface area contributed by atoms with Gasteiger partial charge in [0.1, 0.15) is 6.07 Å². The third-order valence-corrected chi connectivity index (χ3v) is 7.70. The van der Waals surface area contributed by atoms with Crippen LogP contribution < -0.4 is 0 Å². The summed E-state index contributed by atoms with van der Waals surface area (Å²) in [5.41, 5.74) is 0.656. The Balaban J connectivity index is 1.94. The Labute approximate surface area is 185 Å². The van der Waals surface area contributed by atoms with Crippen molar-refractivity contribution in [2.75, 3.05) is 0 Å². The van der Waals surface area contributed by atoms with Crippen molar-refractivity contribution in [3.63, 3.8) is 0 Å². The van der Waals surface area contributed by atoms with E-state index in [2.05, 4.69) is 10.9 Å². The van der Waals surface area contributed by atoms with E-state index in [-0.39, 0.29) is 11.3 Å². The summed E-state index contributed by atoms with van der Waals surface area (Å²) in [6.45, 7) is 8.69. The minimum Gasteiger partial charge on any atom is -0.225 e. The zero-order valence-corrected chi connectivity index (χ0v) is 17.9. The Morgan fingerprint density at radius 3 is 1.60 bits per heavy atom. The van der Waals surface area contributed by atoms with Gasteiger partial charge in [-0.05, 0) is 43.3 Å². The highest BCUT2D eigenvalue weighted by Crippen LogP contribution is 2.42. The van der Waals surface area contributed by atoms with Crippen LogP contribution in [0, 0.1) is 51.9 Å². The molecule has 0 aliphatic rings. The molecule has 0 bridgehead atoms. The smallest absolute Gasteiger partial charge is 0.225 e. The molecule has 0 amide bonds. The highest BCUT2D eigenvalue weighted by molar-refractivity contribution is 7.27. The van der Waals surface area contributed by atoms with Gasteiger partial charge in [0.25, 0.3) is 5.70 Å². The Kier molecular flexibility index (Phi) is 6.24. The van der Waals surface area contributed by atoms with Crippen LogP contribution in [-0.4, -0.2) is 0 Å². The minimum atomic E-state index is -0.210. The van der Waals surface area contributed by atoms with E-state index >= 15 is 0 Å². The van der Waals surface area contributed by atoms with Gasteiger partial charge in [-0.15, -0.1) is 34.0 Å². The lowest BCUT2D eigenvalue weighted by atomic mass is 10.1. The zero-order valence-electron chi connectivity index (χ0n) is 15.4. The monoisotopic (exact) mass is 439 g/mol. The summed E-state index contributed by atoms with van der Waals surface area (Å²) in [6, 6.07) is 19.2. The molecule has 3 rings (SSSR count). The molecule has 0 spiro atoms. The molecule has 0 aliphatic heterocycles. The predicted octanol–water partition coefficient (Wildman–Crippen LogP) is 6.70. The lowest BCUT2D eigenvalue weighted by Crippen LogP contribution is -1.79. The summed E-state index contributed by atoms with van der Waals surface area (Å²) < 4.78 is 0. The summed E-state index contributed by atoms with van der Waals surface area (Å²) in [4.78, 5) is 8.43. The molecule has 0 unspecified atom stereocenters. The molecule has 3 aromatic heterocycles. The van der Waals surface area contributed by atoms with Gasteiger partial charge in [0.15, 0.2) is 0 Å². The average Bonchev–Trinajstić information content (AvgIpc) is 3.52. The number of nitriles is 4. The fourth-order valence-electron chi connectivity index (χ4n) is 2.55. The van der Waals surface area contributed by atoms with E-state index in [0.29, 0.717) is 16.0 Å². The van der Waals surface area contributed by atoms with Crippen molar-refractivity contribution in [1.82, 2.24) is 0 Å². The maximum atomic E-state index is 9.34. The number of hydrogen-bond donors (Lipinski definition) is 0. The van der Waals surface area contributed by atoms with Gasteiger partial charge in [0.05, 0.1) is 35.9 Å². The molecule has 0 N–H and O–H groups in total. The van der Waals surface area contributed by atoms with Crippen molar-refractivity contribution < 1.29 is 0 Å². The number of thiophene rings is 3. The standard InChI is InChI=1S/C22H9N5S3/c1-13(9-23)14(10-24)17-3-5-19(28-17)21-7-8-22(30-21)20-6-4-18(29-20)15(11-25)16(12-26)27-2/h3-8H,1H3/b14-13-,16-15+. The van der Waals surface area contributed by atoms with E-state index in [0.717, 1.165) is 24.4 Å². The van der Waals surface area contributed by atoms with Crippen LogP contribution in [0.25, 0.3) is 35.5 Å². The molecule has 0 aliphatic carbocycles. The Bertz CT molecular complexity index is 1390. The minimum absolute atomic E-state index is 0.0899. The van der Waals surface area contributed by atoms with E-state index in [1.807, 2.05) is 42.5 Å². The second kappa shape index (κ2) is 9.02. The van der Waals surface area contributed by atoms with Gasteiger partial charge < -0.3 is 0 Å². The first-order valence-electron chi connectivity index (χ1n) is 8.30. The van der Waals surface area contributed by atoms with Crippen molar-refractivity contribution in [3.8, 4) is 43.8 Å². The molecule has 0 saturated heterocycles. The van der Waals surface area contributed by atoms with E-state index in [9.17, 15) is 10.5 Å². The third-order valence-electron chi connectivity index (χ3n) is 4.02. The van der Waals surface area contributed by atoms with Gasteiger partial charge in [0, 0.05) is 34.8 Å². The normalized spacial score (nSPS) is 11.7. The highest BCUT2D eigenvalue weighted by atomic mass is 32.1. The SMILES string of the molecule is [C-]#[N+]/C(C#N)=C(\C#N)c1ccc(-c2ccc(-c3ccc(/C(C#N)=C(/C)C#N)s3)s2)s1. The van der Waals surface area contributed by atoms with Gasteiger partial charge in [-0.3, -0.25) is 0 Å². The van der Waals surface area contributed by atoms with Gasteiger partial charge in [0.2, 0.25) is 0 Å². The number of nitrogens with zero attached hydrogens (tertiary/aromatic N) is 5. The van der Waals surface area contributed by atoms with Crippen molar-refractivity contribution in [2.45, 2.75) is 6.92 Å². The topological polar surface area (TPSA) is 99.5 Å². The first-order chi connectivity index (χ1) is 14.6. The molecule has 30 heavy (non-hydrogen) atoms. The van der Waals surface area contributed by atoms with Crippen LogP contribution in [-0.2, 0) is 0 Å². The van der Waals surface area contributed by atoms with E-state index in [1.165, 1.54) is 22.7 Å². The first-order valence-corrected chi connectivity index (χ1v) is 10.7. The van der Waals surface area contributed by atoms with E-state index in [1.54, 1.807) is 30.4 Å². The van der Waals surface area contributed by atoms with Crippen LogP contribution in [0.3, 0.4) is 0 Å². The molecule has 3 aromatic rings. The second-order valence-electron chi connectivity index (χ2n) is 5.77. The third kappa shape index (κ3) is 3.92. The molecule has 0 aromatic carbocycles. The predicted molar refractivity (Wildman–Crippen MR) is 120 cm³/mol. The van der Waals surface area contributed by atoms with Gasteiger partial charge >= 0.3 is 0 Å². The van der Waals surface area contributed by atoms with Gasteiger partial charge in [-0.1, -0.05) is 0 Å². The molecule has 140 valence electrons. The van der Waals surface area contributed by atoms with Crippen LogP contribution in [0.2, 0.25) is 0 Å². The largest absolute Gasteiger partial charge is 0.280 e. The quantitative estimate of drug-likeness (QED) is 0.333. The van der Waals surface area contributed by atoms with Gasteiger partial charge in [-0.25, -0.2) is 10.1 Å². The summed E-state index contributed by atoms with van der Waals surface area (Å²) in [7, 11) is 0. The summed E-state index contributed by atoms with van der Waals surface area (Å²) in [5, 5.41) is 36.8. The molecule has 0 saturated carbocycles. The van der Waals surface area contributed by atoms with Crippen molar-refractivity contribution in [2.24, 2.45) is 0 Å². The number of rotatable bonds is 4. The Morgan fingerprint density at radius 1 is 0.700 bits per heavy atom. The van der Waals surface area contributed by atoms with E-state index in [4.69, 9.17) is 17.1 Å². The fraction of sp³-hybridized carbons (Fsp3) is 0.0455. The molecule has 3 heterocycles. The zero-order chi connectivity index (χ0) is 21.7. The van der Waals surface area contributed by atoms with Crippen LogP contribution in [0.15, 0.2) is 47.7 Å². The summed E-state index contributed by atoms with van der Waals surface area (Å²) in [6.07, 6.45) is 0. The molecule has 0 atom stereocenters. The summed E-state index contributed by atoms with van der Waals surface area (Å²) in [5.74, 6) is 0. The Morgan fingerprint density at radius 2 is 1.17 bits per heavy atom. The maximum Gasteiger partial charge on any atom is 0.280 e. The van der Waals surface area contributed by atoms with Gasteiger partial charge in [-0.2, -0.15) is 15.8 Å². The van der Waals surface area contributed by atoms with Crippen molar-refractivity contribution in [3.05, 3.63) is 68.8 Å². The van der Waals surface area contributed by atoms with E-state index < -0.39 is 0 Å². The highest BCUT2D eigenvalue weighted by Gasteiger charge is 2.15. The fourth-order valence-corrected chi connectivity index (χ4v) is 5.80. The van der Waals surface area contributed by atoms with Crippen molar-refractivity contribution >= 4 is 45.2 Å². The lowest BCUT2D eigenvalue weighted by molar-refractivity contribution is 1.44. The molecular weight excluding hydrogens is 430 g/mol. The molecule has 0 radical (unpaired) electrons. The van der Waals surface area contributed by atoms with Crippen molar-refractivity contribution in [1.29, 1.82) is 21.0 Å². The Hall–Kier alpha value is -3.97. The maximum absolute atomic E-state index is 9.34. The van der Waals surface area contributed by atoms with Crippen LogP contribution >= 0.6 is 34.0 Å². The molecule has 5 nitrogen and oxygen atoms in total. The lowest BCUT2D eigenvalue weighted by Gasteiger charge is -1.94. The van der Waals surface area contributed by atoms with Crippen LogP contribution in [0.5, 0.6) is 0 Å².